The van der Waals surface area contributed by atoms with Crippen molar-refractivity contribution in [2.24, 2.45) is 5.16 Å². The highest BCUT2D eigenvalue weighted by Crippen LogP contribution is 1.90. The Hall–Kier alpha value is -1.13. The molecule has 1 unspecified atom stereocenters. The zero-order valence-corrected chi connectivity index (χ0v) is 5.24. The molecule has 0 aromatic heterocycles. The van der Waals surface area contributed by atoms with Gasteiger partial charge in [0.25, 0.3) is 6.04 Å². The van der Waals surface area contributed by atoms with Crippen molar-refractivity contribution in [3.05, 3.63) is 10.1 Å². The SMILES string of the molecule is CC(=NO)C(C)[N+](=O)[O-]. The van der Waals surface area contributed by atoms with Crippen LogP contribution in [0.2, 0.25) is 0 Å². The van der Waals surface area contributed by atoms with E-state index in [0.717, 1.165) is 0 Å². The number of oxime groups is 1. The molecule has 0 aliphatic rings. The number of rotatable bonds is 2. The second-order valence-corrected chi connectivity index (χ2v) is 1.70. The molecule has 0 saturated heterocycles. The fourth-order valence-electron chi connectivity index (χ4n) is 0.236. The van der Waals surface area contributed by atoms with Crippen LogP contribution in [0.5, 0.6) is 0 Å². The summed E-state index contributed by atoms with van der Waals surface area (Å²) in [6.07, 6.45) is 0. The lowest BCUT2D eigenvalue weighted by atomic mass is 10.2. The molecule has 0 aromatic rings. The van der Waals surface area contributed by atoms with Gasteiger partial charge in [0.1, 0.15) is 5.71 Å². The summed E-state index contributed by atoms with van der Waals surface area (Å²) in [5, 5.41) is 20.6. The third-order valence-electron chi connectivity index (χ3n) is 1.08. The zero-order chi connectivity index (χ0) is 7.44. The van der Waals surface area contributed by atoms with Crippen molar-refractivity contribution in [1.29, 1.82) is 0 Å². The van der Waals surface area contributed by atoms with E-state index in [1.54, 1.807) is 0 Å². The topological polar surface area (TPSA) is 75.7 Å². The Balaban J connectivity index is 4.04. The van der Waals surface area contributed by atoms with Crippen LogP contribution in [0.3, 0.4) is 0 Å². The molecule has 0 aromatic carbocycles. The van der Waals surface area contributed by atoms with Gasteiger partial charge in [-0.1, -0.05) is 5.16 Å². The zero-order valence-electron chi connectivity index (χ0n) is 5.24. The Morgan fingerprint density at radius 3 is 2.44 bits per heavy atom. The van der Waals surface area contributed by atoms with Crippen LogP contribution in [0.4, 0.5) is 0 Å². The average molecular weight is 132 g/mol. The van der Waals surface area contributed by atoms with Gasteiger partial charge in [0.2, 0.25) is 0 Å². The van der Waals surface area contributed by atoms with Crippen LogP contribution in [-0.4, -0.2) is 21.9 Å². The number of hydrogen-bond acceptors (Lipinski definition) is 4. The normalized spacial score (nSPS) is 15.1. The predicted octanol–water partition coefficient (Wildman–Crippen LogP) is 0.502. The smallest absolute Gasteiger partial charge is 0.251 e. The molecule has 0 rings (SSSR count). The van der Waals surface area contributed by atoms with E-state index in [-0.39, 0.29) is 5.71 Å². The Bertz CT molecular complexity index is 143. The first-order valence-electron chi connectivity index (χ1n) is 2.41. The molecule has 0 saturated carbocycles. The second-order valence-electron chi connectivity index (χ2n) is 1.70. The molecule has 0 aliphatic carbocycles. The van der Waals surface area contributed by atoms with E-state index in [0.29, 0.717) is 0 Å². The van der Waals surface area contributed by atoms with Crippen molar-refractivity contribution in [3.8, 4) is 0 Å². The quantitative estimate of drug-likeness (QED) is 0.257. The Labute approximate surface area is 52.1 Å². The van der Waals surface area contributed by atoms with Crippen molar-refractivity contribution >= 4 is 5.71 Å². The minimum absolute atomic E-state index is 0.111. The average Bonchev–Trinajstić information content (AvgIpc) is 1.84. The van der Waals surface area contributed by atoms with Gasteiger partial charge in [-0.3, -0.25) is 10.1 Å². The molecule has 0 heterocycles. The number of nitrogens with zero attached hydrogens (tertiary/aromatic N) is 2. The molecule has 5 nitrogen and oxygen atoms in total. The van der Waals surface area contributed by atoms with Gasteiger partial charge in [0.05, 0.1) is 0 Å². The van der Waals surface area contributed by atoms with Gasteiger partial charge in [-0.2, -0.15) is 0 Å². The van der Waals surface area contributed by atoms with Crippen LogP contribution in [-0.2, 0) is 0 Å². The van der Waals surface area contributed by atoms with E-state index in [1.807, 2.05) is 0 Å². The maximum absolute atomic E-state index is 9.91. The maximum Gasteiger partial charge on any atom is 0.251 e. The molecular weight excluding hydrogens is 124 g/mol. The van der Waals surface area contributed by atoms with Crippen LogP contribution in [0.15, 0.2) is 5.16 Å². The fraction of sp³-hybridized carbons (Fsp3) is 0.750. The molecule has 9 heavy (non-hydrogen) atoms. The first kappa shape index (κ1) is 7.87. The fourth-order valence-corrected chi connectivity index (χ4v) is 0.236. The van der Waals surface area contributed by atoms with E-state index < -0.39 is 11.0 Å². The molecule has 1 N–H and O–H groups in total. The lowest BCUT2D eigenvalue weighted by Gasteiger charge is -1.98. The van der Waals surface area contributed by atoms with Gasteiger partial charge in [-0.25, -0.2) is 0 Å². The minimum Gasteiger partial charge on any atom is -0.411 e. The molecule has 0 amide bonds. The van der Waals surface area contributed by atoms with Crippen molar-refractivity contribution in [2.75, 3.05) is 0 Å². The summed E-state index contributed by atoms with van der Waals surface area (Å²) >= 11 is 0. The molecule has 0 aliphatic heterocycles. The highest BCUT2D eigenvalue weighted by molar-refractivity contribution is 5.85. The van der Waals surface area contributed by atoms with Gasteiger partial charge < -0.3 is 5.21 Å². The molecule has 0 spiro atoms. The van der Waals surface area contributed by atoms with E-state index >= 15 is 0 Å². The van der Waals surface area contributed by atoms with Crippen molar-refractivity contribution in [2.45, 2.75) is 19.9 Å². The van der Waals surface area contributed by atoms with Gasteiger partial charge in [-0.05, 0) is 6.92 Å². The summed E-state index contributed by atoms with van der Waals surface area (Å²) in [5.41, 5.74) is 0.111. The molecule has 52 valence electrons. The summed E-state index contributed by atoms with van der Waals surface area (Å²) in [6.45, 7) is 2.75. The highest BCUT2D eigenvalue weighted by Gasteiger charge is 2.16. The number of hydrogen-bond donors (Lipinski definition) is 1. The molecular formula is C4H8N2O3. The molecule has 0 radical (unpaired) electrons. The summed E-state index contributed by atoms with van der Waals surface area (Å²) in [4.78, 5) is 9.39. The summed E-state index contributed by atoms with van der Waals surface area (Å²) in [7, 11) is 0. The standard InChI is InChI=1S/C4H8N2O3/c1-3(5-7)4(2)6(8)9/h4,7H,1-2H3. The number of nitro groups is 1. The van der Waals surface area contributed by atoms with Crippen molar-refractivity contribution in [3.63, 3.8) is 0 Å². The minimum atomic E-state index is -0.894. The van der Waals surface area contributed by atoms with Crippen LogP contribution >= 0.6 is 0 Å². The summed E-state index contributed by atoms with van der Waals surface area (Å²) in [6, 6.07) is -0.894. The van der Waals surface area contributed by atoms with Gasteiger partial charge in [0, 0.05) is 11.8 Å². The molecule has 1 atom stereocenters. The first-order valence-corrected chi connectivity index (χ1v) is 2.41. The lowest BCUT2D eigenvalue weighted by molar-refractivity contribution is -0.498. The maximum atomic E-state index is 9.91. The van der Waals surface area contributed by atoms with E-state index in [1.165, 1.54) is 13.8 Å². The molecule has 0 bridgehead atoms. The third-order valence-corrected chi connectivity index (χ3v) is 1.08. The van der Waals surface area contributed by atoms with Crippen LogP contribution in [0.25, 0.3) is 0 Å². The molecule has 0 fully saturated rings. The van der Waals surface area contributed by atoms with E-state index in [4.69, 9.17) is 5.21 Å². The second kappa shape index (κ2) is 3.01. The Kier molecular flexibility index (Phi) is 2.63. The Morgan fingerprint density at radius 1 is 1.89 bits per heavy atom. The van der Waals surface area contributed by atoms with Crippen molar-refractivity contribution < 1.29 is 10.1 Å². The largest absolute Gasteiger partial charge is 0.411 e. The van der Waals surface area contributed by atoms with E-state index in [2.05, 4.69) is 5.16 Å². The molecule has 5 heteroatoms. The van der Waals surface area contributed by atoms with Crippen molar-refractivity contribution in [1.82, 2.24) is 0 Å². The predicted molar refractivity (Wildman–Crippen MR) is 31.4 cm³/mol. The Morgan fingerprint density at radius 2 is 2.33 bits per heavy atom. The summed E-state index contributed by atoms with van der Waals surface area (Å²) < 4.78 is 0. The van der Waals surface area contributed by atoms with Gasteiger partial charge in [0.15, 0.2) is 0 Å². The van der Waals surface area contributed by atoms with Crippen LogP contribution in [0, 0.1) is 10.1 Å². The van der Waals surface area contributed by atoms with Gasteiger partial charge >= 0.3 is 0 Å². The van der Waals surface area contributed by atoms with Crippen LogP contribution < -0.4 is 0 Å². The lowest BCUT2D eigenvalue weighted by Crippen LogP contribution is -2.23. The highest BCUT2D eigenvalue weighted by atomic mass is 16.6. The monoisotopic (exact) mass is 132 g/mol. The third kappa shape index (κ3) is 2.07. The van der Waals surface area contributed by atoms with E-state index in [9.17, 15) is 10.1 Å². The van der Waals surface area contributed by atoms with Crippen LogP contribution in [0.1, 0.15) is 13.8 Å². The summed E-state index contributed by atoms with van der Waals surface area (Å²) in [5.74, 6) is 0. The first-order chi connectivity index (χ1) is 4.09. The van der Waals surface area contributed by atoms with Gasteiger partial charge in [-0.15, -0.1) is 0 Å².